The Morgan fingerprint density at radius 3 is 1.82 bits per heavy atom. The molecule has 0 aliphatic heterocycles. The van der Waals surface area contributed by atoms with Gasteiger partial charge in [0, 0.05) is 0 Å². The normalized spacial score (nSPS) is 8.00. The molecule has 0 bridgehead atoms. The van der Waals surface area contributed by atoms with Crippen molar-refractivity contribution in [2.75, 3.05) is 7.11 Å². The molecule has 0 aliphatic rings. The van der Waals surface area contributed by atoms with Gasteiger partial charge in [-0.05, 0) is 19.1 Å². The highest BCUT2D eigenvalue weighted by Crippen LogP contribution is 2.09. The molecule has 0 N–H and O–H groups in total. The van der Waals surface area contributed by atoms with E-state index in [1.807, 2.05) is 38.1 Å². The summed E-state index contributed by atoms with van der Waals surface area (Å²) in [5, 5.41) is 0. The zero-order valence-electron chi connectivity index (χ0n) is 7.72. The monoisotopic (exact) mass is 152 g/mol. The van der Waals surface area contributed by atoms with Crippen LogP contribution in [0, 0.1) is 6.92 Å². The van der Waals surface area contributed by atoms with Crippen molar-refractivity contribution in [1.29, 1.82) is 0 Å². The summed E-state index contributed by atoms with van der Waals surface area (Å²) in [6.45, 7) is 6.06. The van der Waals surface area contributed by atoms with Crippen molar-refractivity contribution in [1.82, 2.24) is 0 Å². The van der Waals surface area contributed by atoms with Gasteiger partial charge in [0.05, 0.1) is 7.11 Å². The highest BCUT2D eigenvalue weighted by molar-refractivity contribution is 5.25. The molecule has 62 valence electrons. The molecule has 1 aromatic rings. The topological polar surface area (TPSA) is 9.23 Å². The summed E-state index contributed by atoms with van der Waals surface area (Å²) in [6.07, 6.45) is 0. The van der Waals surface area contributed by atoms with Gasteiger partial charge >= 0.3 is 0 Å². The van der Waals surface area contributed by atoms with E-state index in [0.29, 0.717) is 0 Å². The van der Waals surface area contributed by atoms with Gasteiger partial charge in [0.15, 0.2) is 0 Å². The molecule has 1 heteroatoms. The first-order valence-electron chi connectivity index (χ1n) is 3.93. The van der Waals surface area contributed by atoms with Gasteiger partial charge in [0.1, 0.15) is 5.75 Å². The van der Waals surface area contributed by atoms with Crippen LogP contribution in [-0.2, 0) is 0 Å². The van der Waals surface area contributed by atoms with Crippen molar-refractivity contribution in [3.8, 4) is 5.75 Å². The van der Waals surface area contributed by atoms with Gasteiger partial charge in [-0.3, -0.25) is 0 Å². The number of methoxy groups -OCH3 is 1. The van der Waals surface area contributed by atoms with Crippen molar-refractivity contribution in [3.63, 3.8) is 0 Å². The largest absolute Gasteiger partial charge is 0.497 e. The third-order valence-electron chi connectivity index (χ3n) is 1.26. The van der Waals surface area contributed by atoms with E-state index in [1.54, 1.807) is 7.11 Å². The summed E-state index contributed by atoms with van der Waals surface area (Å²) < 4.78 is 4.97. The second-order valence-electron chi connectivity index (χ2n) is 2.02. The van der Waals surface area contributed by atoms with Crippen LogP contribution in [0.15, 0.2) is 24.3 Å². The maximum absolute atomic E-state index is 4.97. The van der Waals surface area contributed by atoms with Crippen LogP contribution in [0.5, 0.6) is 5.75 Å². The Hall–Kier alpha value is -0.980. The van der Waals surface area contributed by atoms with Gasteiger partial charge in [0.2, 0.25) is 0 Å². The first kappa shape index (κ1) is 10.0. The van der Waals surface area contributed by atoms with E-state index in [-0.39, 0.29) is 0 Å². The Morgan fingerprint density at radius 2 is 1.45 bits per heavy atom. The Kier molecular flexibility index (Phi) is 5.26. The number of aryl methyl sites for hydroxylation is 1. The average Bonchev–Trinajstić information content (AvgIpc) is 2.10. The molecular formula is C10H16O. The zero-order chi connectivity index (χ0) is 8.69. The Labute approximate surface area is 69.0 Å². The van der Waals surface area contributed by atoms with Crippen LogP contribution in [0.2, 0.25) is 0 Å². The quantitative estimate of drug-likeness (QED) is 0.601. The molecule has 0 saturated heterocycles. The van der Waals surface area contributed by atoms with Crippen molar-refractivity contribution >= 4 is 0 Å². The molecule has 1 rings (SSSR count). The van der Waals surface area contributed by atoms with Gasteiger partial charge in [-0.2, -0.15) is 0 Å². The zero-order valence-corrected chi connectivity index (χ0v) is 7.72. The standard InChI is InChI=1S/C8H10O.C2H6/c1-7-3-5-8(9-2)6-4-7;1-2/h3-6H,1-2H3;1-2H3. The third-order valence-corrected chi connectivity index (χ3v) is 1.26. The minimum atomic E-state index is 0.917. The molecule has 0 amide bonds. The first-order chi connectivity index (χ1) is 5.33. The second kappa shape index (κ2) is 5.78. The predicted molar refractivity (Wildman–Crippen MR) is 49.1 cm³/mol. The maximum Gasteiger partial charge on any atom is 0.118 e. The summed E-state index contributed by atoms with van der Waals surface area (Å²) in [6, 6.07) is 7.96. The van der Waals surface area contributed by atoms with Crippen LogP contribution in [0.4, 0.5) is 0 Å². The molecule has 0 heterocycles. The lowest BCUT2D eigenvalue weighted by molar-refractivity contribution is 0.414. The number of rotatable bonds is 1. The summed E-state index contributed by atoms with van der Waals surface area (Å²) in [7, 11) is 1.67. The molecule has 0 aromatic heterocycles. The molecule has 11 heavy (non-hydrogen) atoms. The van der Waals surface area contributed by atoms with Crippen LogP contribution < -0.4 is 4.74 Å². The lowest BCUT2D eigenvalue weighted by Crippen LogP contribution is -1.80. The summed E-state index contributed by atoms with van der Waals surface area (Å²) in [4.78, 5) is 0. The second-order valence-corrected chi connectivity index (χ2v) is 2.02. The molecule has 0 spiro atoms. The van der Waals surface area contributed by atoms with Gasteiger partial charge < -0.3 is 4.74 Å². The van der Waals surface area contributed by atoms with Crippen molar-refractivity contribution < 1.29 is 4.74 Å². The third kappa shape index (κ3) is 3.66. The van der Waals surface area contributed by atoms with Gasteiger partial charge in [-0.15, -0.1) is 0 Å². The highest BCUT2D eigenvalue weighted by Gasteiger charge is 1.85. The lowest BCUT2D eigenvalue weighted by atomic mass is 10.2. The molecule has 0 saturated carbocycles. The van der Waals surface area contributed by atoms with Crippen molar-refractivity contribution in [3.05, 3.63) is 29.8 Å². The number of benzene rings is 1. The first-order valence-corrected chi connectivity index (χ1v) is 3.93. The Morgan fingerprint density at radius 1 is 1.00 bits per heavy atom. The van der Waals surface area contributed by atoms with Crippen LogP contribution >= 0.6 is 0 Å². The van der Waals surface area contributed by atoms with Gasteiger partial charge in [0.25, 0.3) is 0 Å². The van der Waals surface area contributed by atoms with E-state index >= 15 is 0 Å². The molecule has 1 nitrogen and oxygen atoms in total. The fraction of sp³-hybridized carbons (Fsp3) is 0.400. The minimum Gasteiger partial charge on any atom is -0.497 e. The van der Waals surface area contributed by atoms with Gasteiger partial charge in [-0.1, -0.05) is 31.5 Å². The molecule has 0 atom stereocenters. The summed E-state index contributed by atoms with van der Waals surface area (Å²) >= 11 is 0. The highest BCUT2D eigenvalue weighted by atomic mass is 16.5. The fourth-order valence-corrected chi connectivity index (χ4v) is 0.674. The summed E-state index contributed by atoms with van der Waals surface area (Å²) in [5.41, 5.74) is 1.26. The molecule has 0 fully saturated rings. The summed E-state index contributed by atoms with van der Waals surface area (Å²) in [5.74, 6) is 0.917. The van der Waals surface area contributed by atoms with Crippen LogP contribution in [-0.4, -0.2) is 7.11 Å². The molecule has 0 radical (unpaired) electrons. The average molecular weight is 152 g/mol. The van der Waals surface area contributed by atoms with Crippen molar-refractivity contribution in [2.24, 2.45) is 0 Å². The van der Waals surface area contributed by atoms with E-state index in [2.05, 4.69) is 6.92 Å². The molecule has 0 unspecified atom stereocenters. The van der Waals surface area contributed by atoms with E-state index in [1.165, 1.54) is 5.56 Å². The molecule has 1 aromatic carbocycles. The molecule has 0 aliphatic carbocycles. The maximum atomic E-state index is 4.97. The number of ether oxygens (including phenoxy) is 1. The Bertz CT molecular complexity index is 177. The fourth-order valence-electron chi connectivity index (χ4n) is 0.674. The molecular weight excluding hydrogens is 136 g/mol. The van der Waals surface area contributed by atoms with Crippen LogP contribution in [0.1, 0.15) is 19.4 Å². The SMILES string of the molecule is CC.COc1ccc(C)cc1. The minimum absolute atomic E-state index is 0.917. The number of hydrogen-bond acceptors (Lipinski definition) is 1. The van der Waals surface area contributed by atoms with E-state index in [9.17, 15) is 0 Å². The van der Waals surface area contributed by atoms with E-state index in [4.69, 9.17) is 4.74 Å². The van der Waals surface area contributed by atoms with Crippen LogP contribution in [0.3, 0.4) is 0 Å². The van der Waals surface area contributed by atoms with E-state index < -0.39 is 0 Å². The smallest absolute Gasteiger partial charge is 0.118 e. The van der Waals surface area contributed by atoms with Crippen molar-refractivity contribution in [2.45, 2.75) is 20.8 Å². The van der Waals surface area contributed by atoms with E-state index in [0.717, 1.165) is 5.75 Å². The lowest BCUT2D eigenvalue weighted by Gasteiger charge is -1.97. The van der Waals surface area contributed by atoms with Crippen LogP contribution in [0.25, 0.3) is 0 Å². The Balaban J connectivity index is 0.000000461. The predicted octanol–water partition coefficient (Wildman–Crippen LogP) is 3.03. The number of hydrogen-bond donors (Lipinski definition) is 0. The van der Waals surface area contributed by atoms with Gasteiger partial charge in [-0.25, -0.2) is 0 Å².